The normalized spacial score (nSPS) is 20.1. The fourth-order valence-corrected chi connectivity index (χ4v) is 2.19. The number of nitrogens with two attached hydrogens (primary N) is 1. The van der Waals surface area contributed by atoms with E-state index < -0.39 is 0 Å². The molecule has 2 N–H and O–H groups in total. The average Bonchev–Trinajstić information content (AvgIpc) is 2.41. The van der Waals surface area contributed by atoms with Gasteiger partial charge in [0.05, 0.1) is 6.04 Å². The lowest BCUT2D eigenvalue weighted by atomic mass is 10.1. The Morgan fingerprint density at radius 1 is 1.57 bits per heavy atom. The number of halogens is 1. The number of rotatable bonds is 1. The van der Waals surface area contributed by atoms with Gasteiger partial charge in [0.15, 0.2) is 0 Å². The summed E-state index contributed by atoms with van der Waals surface area (Å²) in [5, 5.41) is 0. The molecule has 14 heavy (non-hydrogen) atoms. The Labute approximate surface area is 91.0 Å². The molecule has 1 aromatic rings. The number of fused-ring (bicyclic) bond motifs is 1. The van der Waals surface area contributed by atoms with Gasteiger partial charge in [-0.05, 0) is 17.7 Å². The van der Waals surface area contributed by atoms with Gasteiger partial charge in [-0.1, -0.05) is 22.0 Å². The Bertz CT molecular complexity index is 392. The SMILES string of the molecule is CN1C(=O)c2cc(Br)ccc2[C@@H]1CN. The Kier molecular flexibility index (Phi) is 2.33. The van der Waals surface area contributed by atoms with Crippen LogP contribution in [0.5, 0.6) is 0 Å². The number of amides is 1. The summed E-state index contributed by atoms with van der Waals surface area (Å²) in [6.45, 7) is 0.469. The Morgan fingerprint density at radius 2 is 2.29 bits per heavy atom. The number of hydrogen-bond donors (Lipinski definition) is 1. The largest absolute Gasteiger partial charge is 0.333 e. The maximum atomic E-state index is 11.8. The van der Waals surface area contributed by atoms with E-state index in [2.05, 4.69) is 15.9 Å². The lowest BCUT2D eigenvalue weighted by Crippen LogP contribution is -2.28. The quantitative estimate of drug-likeness (QED) is 0.827. The number of carbonyl (C=O) groups excluding carboxylic acids is 1. The first-order chi connectivity index (χ1) is 6.65. The predicted octanol–water partition coefficient (Wildman–Crippen LogP) is 1.53. The Hall–Kier alpha value is -0.870. The molecule has 0 aliphatic carbocycles. The number of hydrogen-bond acceptors (Lipinski definition) is 2. The van der Waals surface area contributed by atoms with E-state index in [0.29, 0.717) is 6.54 Å². The maximum Gasteiger partial charge on any atom is 0.254 e. The van der Waals surface area contributed by atoms with Crippen molar-refractivity contribution in [2.75, 3.05) is 13.6 Å². The van der Waals surface area contributed by atoms with Gasteiger partial charge in [-0.3, -0.25) is 4.79 Å². The lowest BCUT2D eigenvalue weighted by molar-refractivity contribution is 0.0778. The molecule has 1 amide bonds. The standard InChI is InChI=1S/C10H11BrN2O/c1-13-9(5-12)7-3-2-6(11)4-8(7)10(13)14/h2-4,9H,5,12H2,1H3/t9-/m0/s1. The smallest absolute Gasteiger partial charge is 0.254 e. The average molecular weight is 255 g/mol. The zero-order valence-corrected chi connectivity index (χ0v) is 9.41. The van der Waals surface area contributed by atoms with E-state index in [-0.39, 0.29) is 11.9 Å². The molecule has 2 rings (SSSR count). The van der Waals surface area contributed by atoms with Gasteiger partial charge in [0.25, 0.3) is 5.91 Å². The fourth-order valence-electron chi connectivity index (χ4n) is 1.83. The van der Waals surface area contributed by atoms with Gasteiger partial charge in [-0.25, -0.2) is 0 Å². The first-order valence-corrected chi connectivity index (χ1v) is 5.21. The van der Waals surface area contributed by atoms with Crippen molar-refractivity contribution in [3.05, 3.63) is 33.8 Å². The van der Waals surface area contributed by atoms with Gasteiger partial charge in [0, 0.05) is 23.6 Å². The molecule has 0 spiro atoms. The molecule has 0 unspecified atom stereocenters. The number of benzene rings is 1. The van der Waals surface area contributed by atoms with Gasteiger partial charge in [0.1, 0.15) is 0 Å². The lowest BCUT2D eigenvalue weighted by Gasteiger charge is -2.18. The van der Waals surface area contributed by atoms with Crippen molar-refractivity contribution < 1.29 is 4.79 Å². The zero-order valence-electron chi connectivity index (χ0n) is 7.83. The molecule has 74 valence electrons. The van der Waals surface area contributed by atoms with Crippen LogP contribution in [-0.4, -0.2) is 24.4 Å². The molecule has 4 heteroatoms. The van der Waals surface area contributed by atoms with Crippen LogP contribution in [0.15, 0.2) is 22.7 Å². The van der Waals surface area contributed by atoms with Gasteiger partial charge in [-0.15, -0.1) is 0 Å². The van der Waals surface area contributed by atoms with Crippen LogP contribution >= 0.6 is 15.9 Å². The van der Waals surface area contributed by atoms with Gasteiger partial charge in [-0.2, -0.15) is 0 Å². The van der Waals surface area contributed by atoms with E-state index in [1.54, 1.807) is 11.9 Å². The highest BCUT2D eigenvalue weighted by molar-refractivity contribution is 9.10. The van der Waals surface area contributed by atoms with Crippen molar-refractivity contribution in [1.29, 1.82) is 0 Å². The first kappa shape index (κ1) is 9.68. The van der Waals surface area contributed by atoms with Crippen LogP contribution in [0.2, 0.25) is 0 Å². The van der Waals surface area contributed by atoms with Crippen molar-refractivity contribution in [3.8, 4) is 0 Å². The highest BCUT2D eigenvalue weighted by Crippen LogP contribution is 2.32. The number of nitrogens with zero attached hydrogens (tertiary/aromatic N) is 1. The van der Waals surface area contributed by atoms with E-state index >= 15 is 0 Å². The molecular formula is C10H11BrN2O. The maximum absolute atomic E-state index is 11.8. The minimum absolute atomic E-state index is 0.0330. The van der Waals surface area contributed by atoms with Gasteiger partial charge >= 0.3 is 0 Å². The molecule has 1 aliphatic rings. The van der Waals surface area contributed by atoms with Crippen LogP contribution in [0.3, 0.4) is 0 Å². The monoisotopic (exact) mass is 254 g/mol. The summed E-state index contributed by atoms with van der Waals surface area (Å²) in [4.78, 5) is 13.5. The van der Waals surface area contributed by atoms with Gasteiger partial charge < -0.3 is 10.6 Å². The van der Waals surface area contributed by atoms with Gasteiger partial charge in [0.2, 0.25) is 0 Å². The Balaban J connectivity index is 2.55. The number of carbonyl (C=O) groups is 1. The molecule has 0 saturated carbocycles. The fraction of sp³-hybridized carbons (Fsp3) is 0.300. The van der Waals surface area contributed by atoms with Crippen molar-refractivity contribution in [2.24, 2.45) is 5.73 Å². The third-order valence-corrected chi connectivity index (χ3v) is 3.11. The molecule has 1 heterocycles. The van der Waals surface area contributed by atoms with Crippen molar-refractivity contribution in [1.82, 2.24) is 4.90 Å². The number of likely N-dealkylation sites (N-methyl/N-ethyl adjacent to an activating group) is 1. The second-order valence-corrected chi connectivity index (χ2v) is 4.31. The molecule has 0 saturated heterocycles. The summed E-state index contributed by atoms with van der Waals surface area (Å²) < 4.78 is 0.927. The van der Waals surface area contributed by atoms with Crippen molar-refractivity contribution in [2.45, 2.75) is 6.04 Å². The second kappa shape index (κ2) is 3.37. The van der Waals surface area contributed by atoms with Crippen LogP contribution in [0.1, 0.15) is 22.0 Å². The summed E-state index contributed by atoms with van der Waals surface area (Å²) in [5.41, 5.74) is 7.43. The summed E-state index contributed by atoms with van der Waals surface area (Å²) in [5.74, 6) is 0.0525. The molecule has 1 atom stereocenters. The third-order valence-electron chi connectivity index (χ3n) is 2.62. The summed E-state index contributed by atoms with van der Waals surface area (Å²) >= 11 is 3.35. The minimum atomic E-state index is 0.0330. The predicted molar refractivity (Wildman–Crippen MR) is 58.0 cm³/mol. The van der Waals surface area contributed by atoms with E-state index in [1.807, 2.05) is 18.2 Å². The zero-order chi connectivity index (χ0) is 10.3. The molecule has 0 fully saturated rings. The molecule has 3 nitrogen and oxygen atoms in total. The first-order valence-electron chi connectivity index (χ1n) is 4.42. The van der Waals surface area contributed by atoms with Crippen LogP contribution in [-0.2, 0) is 0 Å². The van der Waals surface area contributed by atoms with Crippen molar-refractivity contribution in [3.63, 3.8) is 0 Å². The van der Waals surface area contributed by atoms with Crippen LogP contribution < -0.4 is 5.73 Å². The molecule has 1 aliphatic heterocycles. The molecule has 0 bridgehead atoms. The second-order valence-electron chi connectivity index (χ2n) is 3.40. The summed E-state index contributed by atoms with van der Waals surface area (Å²) in [6, 6.07) is 5.78. The topological polar surface area (TPSA) is 46.3 Å². The van der Waals surface area contributed by atoms with E-state index in [1.165, 1.54) is 0 Å². The van der Waals surface area contributed by atoms with Crippen LogP contribution in [0.25, 0.3) is 0 Å². The summed E-state index contributed by atoms with van der Waals surface area (Å²) in [6.07, 6.45) is 0. The highest BCUT2D eigenvalue weighted by Gasteiger charge is 2.32. The van der Waals surface area contributed by atoms with E-state index in [9.17, 15) is 4.79 Å². The van der Waals surface area contributed by atoms with Crippen molar-refractivity contribution >= 4 is 21.8 Å². The molecule has 0 aromatic heterocycles. The van der Waals surface area contributed by atoms with E-state index in [4.69, 9.17) is 5.73 Å². The molecule has 1 aromatic carbocycles. The molecular weight excluding hydrogens is 244 g/mol. The molecule has 0 radical (unpaired) electrons. The third kappa shape index (κ3) is 1.26. The summed E-state index contributed by atoms with van der Waals surface area (Å²) in [7, 11) is 1.79. The Morgan fingerprint density at radius 3 is 2.93 bits per heavy atom. The minimum Gasteiger partial charge on any atom is -0.333 e. The highest BCUT2D eigenvalue weighted by atomic mass is 79.9. The van der Waals surface area contributed by atoms with Crippen LogP contribution in [0.4, 0.5) is 0 Å². The van der Waals surface area contributed by atoms with Crippen LogP contribution in [0, 0.1) is 0 Å². The van der Waals surface area contributed by atoms with E-state index in [0.717, 1.165) is 15.6 Å².